The summed E-state index contributed by atoms with van der Waals surface area (Å²) in [5.41, 5.74) is 0.867. The Kier molecular flexibility index (Phi) is 7.17. The van der Waals surface area contributed by atoms with Crippen molar-refractivity contribution in [3.05, 3.63) is 53.1 Å². The van der Waals surface area contributed by atoms with E-state index in [1.165, 1.54) is 27.4 Å². The molecular formula is C20H24F2N2O4. The molecular weight excluding hydrogens is 370 g/mol. The largest absolute Gasteiger partial charge is 0.493 e. The maximum absolute atomic E-state index is 13.4. The molecule has 0 fully saturated rings. The minimum Gasteiger partial charge on any atom is -0.493 e. The van der Waals surface area contributed by atoms with Gasteiger partial charge in [0.1, 0.15) is 0 Å². The average molecular weight is 394 g/mol. The highest BCUT2D eigenvalue weighted by molar-refractivity contribution is 5.94. The number of carbonyl (C=O) groups is 1. The number of carbonyl (C=O) groups excluding carboxylic acids is 1. The average Bonchev–Trinajstić information content (AvgIpc) is 2.68. The van der Waals surface area contributed by atoms with Gasteiger partial charge in [-0.2, -0.15) is 0 Å². The van der Waals surface area contributed by atoms with Crippen LogP contribution < -0.4 is 19.5 Å². The zero-order chi connectivity index (χ0) is 20.8. The van der Waals surface area contributed by atoms with E-state index in [1.807, 2.05) is 19.0 Å². The van der Waals surface area contributed by atoms with Crippen LogP contribution >= 0.6 is 0 Å². The fourth-order valence-electron chi connectivity index (χ4n) is 2.82. The Bertz CT molecular complexity index is 818. The number of likely N-dealkylation sites (N-methyl/N-ethyl adjacent to an activating group) is 1. The second-order valence-electron chi connectivity index (χ2n) is 6.28. The summed E-state index contributed by atoms with van der Waals surface area (Å²) in [6, 6.07) is 6.40. The highest BCUT2D eigenvalue weighted by Gasteiger charge is 2.21. The second kappa shape index (κ2) is 9.36. The molecule has 0 aliphatic rings. The maximum Gasteiger partial charge on any atom is 0.251 e. The van der Waals surface area contributed by atoms with Gasteiger partial charge in [-0.1, -0.05) is 0 Å². The van der Waals surface area contributed by atoms with Gasteiger partial charge in [0.25, 0.3) is 5.91 Å². The number of halogens is 2. The molecule has 0 saturated carbocycles. The van der Waals surface area contributed by atoms with E-state index in [2.05, 4.69) is 5.32 Å². The maximum atomic E-state index is 13.4. The van der Waals surface area contributed by atoms with Crippen LogP contribution in [0.5, 0.6) is 17.2 Å². The van der Waals surface area contributed by atoms with E-state index in [9.17, 15) is 13.6 Å². The van der Waals surface area contributed by atoms with Crippen LogP contribution in [-0.4, -0.2) is 52.8 Å². The summed E-state index contributed by atoms with van der Waals surface area (Å²) in [6.07, 6.45) is 0. The minimum atomic E-state index is -1.07. The summed E-state index contributed by atoms with van der Waals surface area (Å²) in [7, 11) is 8.29. The van der Waals surface area contributed by atoms with Crippen LogP contribution in [0.2, 0.25) is 0 Å². The van der Waals surface area contributed by atoms with Crippen LogP contribution in [0.3, 0.4) is 0 Å². The number of nitrogens with zero attached hydrogens (tertiary/aromatic N) is 1. The molecule has 1 amide bonds. The Labute approximate surface area is 163 Å². The molecule has 1 unspecified atom stereocenters. The Morgan fingerprint density at radius 2 is 1.61 bits per heavy atom. The number of nitrogens with one attached hydrogen (secondary N) is 1. The monoisotopic (exact) mass is 394 g/mol. The van der Waals surface area contributed by atoms with Crippen molar-refractivity contribution in [3.8, 4) is 17.2 Å². The van der Waals surface area contributed by atoms with Crippen molar-refractivity contribution in [1.29, 1.82) is 0 Å². The third-order valence-electron chi connectivity index (χ3n) is 4.33. The van der Waals surface area contributed by atoms with Gasteiger partial charge in [0, 0.05) is 12.1 Å². The van der Waals surface area contributed by atoms with Crippen molar-refractivity contribution in [2.24, 2.45) is 0 Å². The zero-order valence-corrected chi connectivity index (χ0v) is 16.5. The standard InChI is InChI=1S/C20H24F2N2O4/c1-24(2)16(11-23-20(25)12-6-7-14(21)15(22)8-12)13-9-17(26-3)19(28-5)18(10-13)27-4/h6-10,16H,11H2,1-5H3,(H,23,25). The molecule has 1 atom stereocenters. The summed E-state index contributed by atoms with van der Waals surface area (Å²) >= 11 is 0. The third-order valence-corrected chi connectivity index (χ3v) is 4.33. The Morgan fingerprint density at radius 1 is 1.00 bits per heavy atom. The predicted molar refractivity (Wildman–Crippen MR) is 101 cm³/mol. The Morgan fingerprint density at radius 3 is 2.07 bits per heavy atom. The van der Waals surface area contributed by atoms with Gasteiger partial charge in [0.15, 0.2) is 23.1 Å². The highest BCUT2D eigenvalue weighted by atomic mass is 19.2. The van der Waals surface area contributed by atoms with Crippen LogP contribution in [0.25, 0.3) is 0 Å². The molecule has 28 heavy (non-hydrogen) atoms. The van der Waals surface area contributed by atoms with Gasteiger partial charge in [-0.25, -0.2) is 8.78 Å². The first-order valence-corrected chi connectivity index (χ1v) is 8.52. The third kappa shape index (κ3) is 4.69. The number of methoxy groups -OCH3 is 3. The highest BCUT2D eigenvalue weighted by Crippen LogP contribution is 2.40. The number of ether oxygens (including phenoxy) is 3. The number of rotatable bonds is 8. The molecule has 152 valence electrons. The van der Waals surface area contributed by atoms with E-state index in [0.717, 1.165) is 17.7 Å². The van der Waals surface area contributed by atoms with Crippen molar-refractivity contribution >= 4 is 5.91 Å². The van der Waals surface area contributed by atoms with Crippen LogP contribution in [0.1, 0.15) is 22.0 Å². The van der Waals surface area contributed by atoms with Crippen LogP contribution in [0.4, 0.5) is 8.78 Å². The molecule has 6 nitrogen and oxygen atoms in total. The van der Waals surface area contributed by atoms with E-state index >= 15 is 0 Å². The molecule has 0 heterocycles. The molecule has 0 aliphatic carbocycles. The molecule has 0 saturated heterocycles. The molecule has 2 aromatic rings. The SMILES string of the molecule is COc1cc(C(CNC(=O)c2ccc(F)c(F)c2)N(C)C)cc(OC)c1OC. The Balaban J connectivity index is 2.26. The number of hydrogen-bond acceptors (Lipinski definition) is 5. The molecule has 1 N–H and O–H groups in total. The van der Waals surface area contributed by atoms with Gasteiger partial charge in [0.05, 0.1) is 27.4 Å². The smallest absolute Gasteiger partial charge is 0.251 e. The van der Waals surface area contributed by atoms with Gasteiger partial charge < -0.3 is 24.4 Å². The second-order valence-corrected chi connectivity index (χ2v) is 6.28. The van der Waals surface area contributed by atoms with E-state index in [1.54, 1.807) is 12.1 Å². The van der Waals surface area contributed by atoms with E-state index in [4.69, 9.17) is 14.2 Å². The van der Waals surface area contributed by atoms with Crippen molar-refractivity contribution in [2.45, 2.75) is 6.04 Å². The number of amides is 1. The van der Waals surface area contributed by atoms with Gasteiger partial charge in [0.2, 0.25) is 5.75 Å². The molecule has 2 rings (SSSR count). The van der Waals surface area contributed by atoms with Gasteiger partial charge in [-0.3, -0.25) is 4.79 Å². The first-order valence-electron chi connectivity index (χ1n) is 8.52. The number of benzene rings is 2. The van der Waals surface area contributed by atoms with Crippen LogP contribution in [-0.2, 0) is 0 Å². The summed E-state index contributed by atoms with van der Waals surface area (Å²) in [4.78, 5) is 14.2. The van der Waals surface area contributed by atoms with E-state index in [0.29, 0.717) is 17.2 Å². The topological polar surface area (TPSA) is 60.0 Å². The summed E-state index contributed by atoms with van der Waals surface area (Å²) < 4.78 is 42.5. The van der Waals surface area contributed by atoms with Crippen molar-refractivity contribution in [1.82, 2.24) is 10.2 Å². The molecule has 0 bridgehead atoms. The minimum absolute atomic E-state index is 0.0429. The molecule has 0 spiro atoms. The van der Waals surface area contributed by atoms with Gasteiger partial charge in [-0.05, 0) is 50.0 Å². The number of hydrogen-bond donors (Lipinski definition) is 1. The molecule has 0 aromatic heterocycles. The zero-order valence-electron chi connectivity index (χ0n) is 16.5. The lowest BCUT2D eigenvalue weighted by Gasteiger charge is -2.26. The molecule has 8 heteroatoms. The summed E-state index contributed by atoms with van der Waals surface area (Å²) in [5.74, 6) is -1.11. The van der Waals surface area contributed by atoms with Crippen LogP contribution in [0.15, 0.2) is 30.3 Å². The predicted octanol–water partition coefficient (Wildman–Crippen LogP) is 3.02. The lowest BCUT2D eigenvalue weighted by atomic mass is 10.0. The van der Waals surface area contributed by atoms with Crippen molar-refractivity contribution in [3.63, 3.8) is 0 Å². The summed E-state index contributed by atoms with van der Waals surface area (Å²) in [6.45, 7) is 0.226. The van der Waals surface area contributed by atoms with Crippen LogP contribution in [0, 0.1) is 11.6 Å². The van der Waals surface area contributed by atoms with Crippen molar-refractivity contribution < 1.29 is 27.8 Å². The quantitative estimate of drug-likeness (QED) is 0.746. The lowest BCUT2D eigenvalue weighted by molar-refractivity contribution is 0.0941. The molecule has 2 aromatic carbocycles. The Hall–Kier alpha value is -2.87. The normalized spacial score (nSPS) is 11.9. The fraction of sp³-hybridized carbons (Fsp3) is 0.350. The van der Waals surface area contributed by atoms with Gasteiger partial charge in [-0.15, -0.1) is 0 Å². The molecule has 0 radical (unpaired) electrons. The van der Waals surface area contributed by atoms with E-state index < -0.39 is 17.5 Å². The molecule has 0 aliphatic heterocycles. The first kappa shape index (κ1) is 21.4. The lowest BCUT2D eigenvalue weighted by Crippen LogP contribution is -2.34. The van der Waals surface area contributed by atoms with Crippen molar-refractivity contribution in [2.75, 3.05) is 42.0 Å². The van der Waals surface area contributed by atoms with Gasteiger partial charge >= 0.3 is 0 Å². The fourth-order valence-corrected chi connectivity index (χ4v) is 2.82. The first-order chi connectivity index (χ1) is 13.3. The van der Waals surface area contributed by atoms with E-state index in [-0.39, 0.29) is 18.2 Å². The summed E-state index contributed by atoms with van der Waals surface area (Å²) in [5, 5.41) is 2.75.